The van der Waals surface area contributed by atoms with Gasteiger partial charge in [-0.25, -0.2) is 4.79 Å². The molecule has 2 aromatic rings. The third-order valence-electron chi connectivity index (χ3n) is 7.84. The quantitative estimate of drug-likeness (QED) is 0.252. The SMILES string of the molecule is C#CC(=O)OCC1CCC2CCC(C(=O)NC(c3ccccc3)c3ccccc3)N2C(=O)C1NC(=O)[C@@H](N)CC. The van der Waals surface area contributed by atoms with E-state index in [9.17, 15) is 19.2 Å². The molecule has 2 aliphatic rings. The van der Waals surface area contributed by atoms with Gasteiger partial charge in [-0.15, -0.1) is 6.42 Å². The molecule has 5 atom stereocenters. The molecule has 210 valence electrons. The molecule has 4 N–H and O–H groups in total. The Morgan fingerprint density at radius 3 is 2.20 bits per heavy atom. The van der Waals surface area contributed by atoms with E-state index in [1.54, 1.807) is 11.8 Å². The Balaban J connectivity index is 1.59. The van der Waals surface area contributed by atoms with Gasteiger partial charge >= 0.3 is 5.97 Å². The van der Waals surface area contributed by atoms with Crippen molar-refractivity contribution in [3.05, 3.63) is 71.8 Å². The average molecular weight is 545 g/mol. The molecule has 3 amide bonds. The largest absolute Gasteiger partial charge is 0.456 e. The van der Waals surface area contributed by atoms with Crippen LogP contribution in [0.4, 0.5) is 0 Å². The predicted octanol–water partition coefficient (Wildman–Crippen LogP) is 2.06. The minimum atomic E-state index is -1.01. The number of carbonyl (C=O) groups excluding carboxylic acids is 4. The lowest BCUT2D eigenvalue weighted by Gasteiger charge is -2.33. The zero-order valence-corrected chi connectivity index (χ0v) is 22.6. The maximum atomic E-state index is 14.0. The van der Waals surface area contributed by atoms with Crippen molar-refractivity contribution in [1.82, 2.24) is 15.5 Å². The van der Waals surface area contributed by atoms with Gasteiger partial charge in [-0.1, -0.05) is 67.6 Å². The Hall–Kier alpha value is -4.16. The molecule has 0 aromatic heterocycles. The number of ether oxygens (including phenoxy) is 1. The monoisotopic (exact) mass is 544 g/mol. The molecule has 0 saturated carbocycles. The summed E-state index contributed by atoms with van der Waals surface area (Å²) < 4.78 is 5.17. The molecule has 9 nitrogen and oxygen atoms in total. The van der Waals surface area contributed by atoms with Crippen LogP contribution >= 0.6 is 0 Å². The second-order valence-corrected chi connectivity index (χ2v) is 10.3. The first-order chi connectivity index (χ1) is 19.3. The highest BCUT2D eigenvalue weighted by Crippen LogP contribution is 2.35. The number of nitrogens with two attached hydrogens (primary N) is 1. The van der Waals surface area contributed by atoms with Crippen molar-refractivity contribution in [3.63, 3.8) is 0 Å². The number of rotatable bonds is 9. The molecule has 9 heteroatoms. The van der Waals surface area contributed by atoms with Crippen LogP contribution in [0.3, 0.4) is 0 Å². The van der Waals surface area contributed by atoms with Crippen LogP contribution in [0.5, 0.6) is 0 Å². The number of carbonyl (C=O) groups is 4. The van der Waals surface area contributed by atoms with E-state index in [1.165, 1.54) is 0 Å². The van der Waals surface area contributed by atoms with Crippen LogP contribution in [0.1, 0.15) is 56.2 Å². The molecule has 40 heavy (non-hydrogen) atoms. The van der Waals surface area contributed by atoms with E-state index in [1.807, 2.05) is 66.6 Å². The summed E-state index contributed by atoms with van der Waals surface area (Å²) in [5.74, 6) is -0.551. The first-order valence-corrected chi connectivity index (χ1v) is 13.8. The minimum Gasteiger partial charge on any atom is -0.456 e. The van der Waals surface area contributed by atoms with Crippen molar-refractivity contribution in [2.24, 2.45) is 11.7 Å². The van der Waals surface area contributed by atoms with Crippen molar-refractivity contribution in [2.45, 2.75) is 69.2 Å². The predicted molar refractivity (Wildman–Crippen MR) is 149 cm³/mol. The number of nitrogens with zero attached hydrogens (tertiary/aromatic N) is 1. The number of benzene rings is 2. The summed E-state index contributed by atoms with van der Waals surface area (Å²) in [6.07, 6.45) is 7.78. The zero-order valence-electron chi connectivity index (χ0n) is 22.6. The van der Waals surface area contributed by atoms with Gasteiger partial charge in [0.25, 0.3) is 0 Å². The molecule has 2 fully saturated rings. The highest BCUT2D eigenvalue weighted by Gasteiger charge is 2.48. The lowest BCUT2D eigenvalue weighted by Crippen LogP contribution is -2.58. The summed E-state index contributed by atoms with van der Waals surface area (Å²) in [6.45, 7) is 1.65. The molecule has 0 spiro atoms. The third-order valence-corrected chi connectivity index (χ3v) is 7.84. The number of amides is 3. The second-order valence-electron chi connectivity index (χ2n) is 10.3. The van der Waals surface area contributed by atoms with Crippen molar-refractivity contribution in [3.8, 4) is 12.3 Å². The lowest BCUT2D eigenvalue weighted by atomic mass is 9.93. The van der Waals surface area contributed by atoms with Crippen LogP contribution in [-0.4, -0.2) is 59.4 Å². The van der Waals surface area contributed by atoms with Gasteiger partial charge in [-0.05, 0) is 43.2 Å². The van der Waals surface area contributed by atoms with E-state index in [-0.39, 0.29) is 24.5 Å². The molecule has 2 aliphatic heterocycles. The maximum Gasteiger partial charge on any atom is 0.384 e. The molecule has 0 aliphatic carbocycles. The smallest absolute Gasteiger partial charge is 0.384 e. The normalized spacial score (nSPS) is 22.9. The Morgan fingerprint density at radius 1 is 1.02 bits per heavy atom. The number of fused-ring (bicyclic) bond motifs is 1. The fourth-order valence-corrected chi connectivity index (χ4v) is 5.61. The molecular formula is C31H36N4O5. The Kier molecular flexibility index (Phi) is 9.56. The van der Waals surface area contributed by atoms with Crippen molar-refractivity contribution < 1.29 is 23.9 Å². The van der Waals surface area contributed by atoms with E-state index in [4.69, 9.17) is 16.9 Å². The fraction of sp³-hybridized carbons (Fsp3) is 0.419. The van der Waals surface area contributed by atoms with Gasteiger partial charge in [0.1, 0.15) is 12.1 Å². The van der Waals surface area contributed by atoms with Gasteiger partial charge in [0, 0.05) is 17.9 Å². The molecule has 2 saturated heterocycles. The van der Waals surface area contributed by atoms with Gasteiger partial charge in [0.15, 0.2) is 0 Å². The maximum absolute atomic E-state index is 14.0. The van der Waals surface area contributed by atoms with Gasteiger partial charge in [-0.3, -0.25) is 14.4 Å². The minimum absolute atomic E-state index is 0.122. The van der Waals surface area contributed by atoms with E-state index in [0.29, 0.717) is 32.1 Å². The molecular weight excluding hydrogens is 508 g/mol. The Morgan fingerprint density at radius 2 is 1.62 bits per heavy atom. The van der Waals surface area contributed by atoms with Crippen molar-refractivity contribution in [1.29, 1.82) is 0 Å². The van der Waals surface area contributed by atoms with Gasteiger partial charge < -0.3 is 26.0 Å². The van der Waals surface area contributed by atoms with E-state index < -0.39 is 42.0 Å². The van der Waals surface area contributed by atoms with Crippen LogP contribution in [-0.2, 0) is 23.9 Å². The van der Waals surface area contributed by atoms with Gasteiger partial charge in [0.05, 0.1) is 18.7 Å². The third kappa shape index (κ3) is 6.52. The highest BCUT2D eigenvalue weighted by atomic mass is 16.5. The van der Waals surface area contributed by atoms with Crippen LogP contribution in [0.15, 0.2) is 60.7 Å². The number of nitrogens with one attached hydrogen (secondary N) is 2. The summed E-state index contributed by atoms with van der Waals surface area (Å²) in [6, 6.07) is 16.2. The Bertz CT molecular complexity index is 1210. The fourth-order valence-electron chi connectivity index (χ4n) is 5.61. The zero-order chi connectivity index (χ0) is 28.6. The topological polar surface area (TPSA) is 131 Å². The molecule has 2 aromatic carbocycles. The standard InChI is InChI=1S/C31H36N4O5/c1-3-24(32)29(37)34-28-22(19-40-26(36)4-2)15-16-23-17-18-25(35(23)31(28)39)30(38)33-27(20-11-7-5-8-12-20)21-13-9-6-10-14-21/h2,5-14,22-25,27-28H,3,15-19,32H2,1H3,(H,33,38)(H,34,37)/t22?,23?,24-,25?,28?/m0/s1. The first-order valence-electron chi connectivity index (χ1n) is 13.8. The van der Waals surface area contributed by atoms with Gasteiger partial charge in [0.2, 0.25) is 17.7 Å². The average Bonchev–Trinajstić information content (AvgIpc) is 3.37. The van der Waals surface area contributed by atoms with Crippen LogP contribution in [0.2, 0.25) is 0 Å². The van der Waals surface area contributed by atoms with Crippen LogP contribution in [0, 0.1) is 18.3 Å². The van der Waals surface area contributed by atoms with Crippen LogP contribution < -0.4 is 16.4 Å². The van der Waals surface area contributed by atoms with Gasteiger partial charge in [-0.2, -0.15) is 0 Å². The summed E-state index contributed by atoms with van der Waals surface area (Å²) in [5, 5.41) is 5.96. The summed E-state index contributed by atoms with van der Waals surface area (Å²) in [7, 11) is 0. The summed E-state index contributed by atoms with van der Waals surface area (Å²) in [4.78, 5) is 53.9. The van der Waals surface area contributed by atoms with Crippen LogP contribution in [0.25, 0.3) is 0 Å². The molecule has 4 unspecified atom stereocenters. The number of terminal acetylenes is 1. The van der Waals surface area contributed by atoms with E-state index >= 15 is 0 Å². The number of esters is 1. The Labute approximate surface area is 234 Å². The molecule has 0 radical (unpaired) electrons. The van der Waals surface area contributed by atoms with Crippen molar-refractivity contribution in [2.75, 3.05) is 6.61 Å². The number of hydrogen-bond acceptors (Lipinski definition) is 6. The molecule has 4 rings (SSSR count). The molecule has 0 bridgehead atoms. The molecule has 2 heterocycles. The van der Waals surface area contributed by atoms with Crippen molar-refractivity contribution >= 4 is 23.7 Å². The summed E-state index contributed by atoms with van der Waals surface area (Å²) >= 11 is 0. The van der Waals surface area contributed by atoms with E-state index in [2.05, 4.69) is 10.6 Å². The highest BCUT2D eigenvalue weighted by molar-refractivity contribution is 5.94. The summed E-state index contributed by atoms with van der Waals surface area (Å²) in [5.41, 5.74) is 7.79. The van der Waals surface area contributed by atoms with E-state index in [0.717, 1.165) is 11.1 Å². The second kappa shape index (κ2) is 13.3. The number of hydrogen-bond donors (Lipinski definition) is 3. The lowest BCUT2D eigenvalue weighted by molar-refractivity contribution is -0.145. The first kappa shape index (κ1) is 28.8.